The van der Waals surface area contributed by atoms with E-state index in [4.69, 9.17) is 10.00 Å². The lowest BCUT2D eigenvalue weighted by Crippen LogP contribution is -2.15. The number of nitriles is 1. The minimum Gasteiger partial charge on any atom is -0.476 e. The van der Waals surface area contributed by atoms with E-state index in [0.717, 1.165) is 11.1 Å². The second-order valence-corrected chi connectivity index (χ2v) is 4.72. The van der Waals surface area contributed by atoms with E-state index in [1.807, 2.05) is 37.3 Å². The van der Waals surface area contributed by atoms with Crippen molar-refractivity contribution in [2.45, 2.75) is 25.9 Å². The first-order valence-corrected chi connectivity index (χ1v) is 6.55. The molecule has 0 aromatic heterocycles. The molecule has 2 rings (SSSR count). The molecule has 0 N–H and O–H groups in total. The second kappa shape index (κ2) is 6.72. The highest BCUT2D eigenvalue weighted by Gasteiger charge is 2.09. The molecule has 0 aliphatic carbocycles. The van der Waals surface area contributed by atoms with Crippen molar-refractivity contribution in [3.8, 4) is 11.8 Å². The minimum absolute atomic E-state index is 0.254. The molecule has 3 heteroatoms. The maximum absolute atomic E-state index is 13.1. The van der Waals surface area contributed by atoms with Crippen LogP contribution in [-0.2, 0) is 6.42 Å². The highest BCUT2D eigenvalue weighted by molar-refractivity contribution is 5.27. The third-order valence-corrected chi connectivity index (χ3v) is 3.03. The molecule has 2 aromatic carbocycles. The molecule has 2 nitrogen and oxygen atoms in total. The topological polar surface area (TPSA) is 33.0 Å². The van der Waals surface area contributed by atoms with Crippen molar-refractivity contribution < 1.29 is 9.13 Å². The van der Waals surface area contributed by atoms with Gasteiger partial charge in [0.2, 0.25) is 0 Å². The van der Waals surface area contributed by atoms with Gasteiger partial charge in [-0.05, 0) is 43.2 Å². The molecular formula is C17H16FNO. The van der Waals surface area contributed by atoms with Crippen LogP contribution in [0.15, 0.2) is 48.5 Å². The van der Waals surface area contributed by atoms with Gasteiger partial charge in [0.25, 0.3) is 0 Å². The van der Waals surface area contributed by atoms with Crippen LogP contribution >= 0.6 is 0 Å². The Hall–Kier alpha value is -2.34. The largest absolute Gasteiger partial charge is 0.476 e. The number of aryl methyl sites for hydroxylation is 2. The summed E-state index contributed by atoms with van der Waals surface area (Å²) in [5.41, 5.74) is 2.02. The van der Waals surface area contributed by atoms with Gasteiger partial charge in [-0.25, -0.2) is 4.39 Å². The summed E-state index contributed by atoms with van der Waals surface area (Å²) in [5.74, 6) is 0.428. The van der Waals surface area contributed by atoms with E-state index in [1.54, 1.807) is 6.07 Å². The van der Waals surface area contributed by atoms with Crippen molar-refractivity contribution in [1.82, 2.24) is 0 Å². The zero-order chi connectivity index (χ0) is 14.4. The molecule has 1 unspecified atom stereocenters. The molecule has 0 heterocycles. The molecule has 20 heavy (non-hydrogen) atoms. The molecule has 0 bridgehead atoms. The van der Waals surface area contributed by atoms with Crippen molar-refractivity contribution in [1.29, 1.82) is 5.26 Å². The van der Waals surface area contributed by atoms with Crippen LogP contribution in [0, 0.1) is 24.1 Å². The van der Waals surface area contributed by atoms with Crippen LogP contribution in [0.4, 0.5) is 4.39 Å². The Bertz CT molecular complexity index is 601. The van der Waals surface area contributed by atoms with Crippen molar-refractivity contribution in [3.05, 3.63) is 65.5 Å². The molecule has 0 fully saturated rings. The first-order chi connectivity index (χ1) is 9.67. The average Bonchev–Trinajstić information content (AvgIpc) is 2.45. The number of benzene rings is 2. The number of rotatable bonds is 5. The average molecular weight is 269 g/mol. The van der Waals surface area contributed by atoms with Gasteiger partial charge in [0, 0.05) is 6.42 Å². The van der Waals surface area contributed by atoms with E-state index in [2.05, 4.69) is 6.07 Å². The van der Waals surface area contributed by atoms with E-state index in [9.17, 15) is 4.39 Å². The molecule has 0 spiro atoms. The summed E-state index contributed by atoms with van der Waals surface area (Å²) in [6, 6.07) is 16.1. The van der Waals surface area contributed by atoms with Gasteiger partial charge in [-0.3, -0.25) is 0 Å². The van der Waals surface area contributed by atoms with Crippen LogP contribution in [0.5, 0.6) is 5.75 Å². The second-order valence-electron chi connectivity index (χ2n) is 4.72. The summed E-state index contributed by atoms with van der Waals surface area (Å²) in [7, 11) is 0. The third kappa shape index (κ3) is 4.10. The maximum Gasteiger partial charge on any atom is 0.184 e. The Morgan fingerprint density at radius 3 is 2.60 bits per heavy atom. The van der Waals surface area contributed by atoms with Crippen LogP contribution in [0.3, 0.4) is 0 Å². The van der Waals surface area contributed by atoms with E-state index >= 15 is 0 Å². The van der Waals surface area contributed by atoms with Crippen LogP contribution in [0.2, 0.25) is 0 Å². The third-order valence-electron chi connectivity index (χ3n) is 3.03. The van der Waals surface area contributed by atoms with Crippen molar-refractivity contribution in [2.75, 3.05) is 0 Å². The first-order valence-electron chi connectivity index (χ1n) is 6.55. The molecule has 0 radical (unpaired) electrons. The summed E-state index contributed by atoms with van der Waals surface area (Å²) in [5, 5.41) is 9.13. The molecule has 2 aromatic rings. The Morgan fingerprint density at radius 2 is 1.95 bits per heavy atom. The predicted octanol–water partition coefficient (Wildman–Crippen LogP) is 4.04. The Kier molecular flexibility index (Phi) is 4.73. The maximum atomic E-state index is 13.1. The summed E-state index contributed by atoms with van der Waals surface area (Å²) in [6.07, 6.45) is 0.622. The van der Waals surface area contributed by atoms with Crippen LogP contribution in [-0.4, -0.2) is 6.10 Å². The molecule has 0 amide bonds. The van der Waals surface area contributed by atoms with E-state index in [1.165, 1.54) is 12.1 Å². The predicted molar refractivity (Wildman–Crippen MR) is 75.9 cm³/mol. The summed E-state index contributed by atoms with van der Waals surface area (Å²) >= 11 is 0. The standard InChI is InChI=1S/C17H16FNO/c1-13-5-8-16(9-6-13)20-17(12-19)10-7-14-3-2-4-15(18)11-14/h2-6,8-9,11,17H,7,10H2,1H3. The van der Waals surface area contributed by atoms with Crippen LogP contribution in [0.25, 0.3) is 0 Å². The lowest BCUT2D eigenvalue weighted by molar-refractivity contribution is 0.245. The van der Waals surface area contributed by atoms with Gasteiger partial charge in [-0.2, -0.15) is 5.26 Å². The fraction of sp³-hybridized carbons (Fsp3) is 0.235. The molecule has 1 atom stereocenters. The number of nitrogens with zero attached hydrogens (tertiary/aromatic N) is 1. The lowest BCUT2D eigenvalue weighted by atomic mass is 10.1. The highest BCUT2D eigenvalue weighted by atomic mass is 19.1. The fourth-order valence-electron chi connectivity index (χ4n) is 1.92. The van der Waals surface area contributed by atoms with Gasteiger partial charge in [-0.15, -0.1) is 0 Å². The number of hydrogen-bond donors (Lipinski definition) is 0. The van der Waals surface area contributed by atoms with Crippen LogP contribution in [0.1, 0.15) is 17.5 Å². The normalized spacial score (nSPS) is 11.7. The van der Waals surface area contributed by atoms with E-state index in [0.29, 0.717) is 18.6 Å². The minimum atomic E-state index is -0.527. The molecule has 0 aliphatic rings. The summed E-state index contributed by atoms with van der Waals surface area (Å²) in [6.45, 7) is 2.00. The lowest BCUT2D eigenvalue weighted by Gasteiger charge is -2.12. The zero-order valence-electron chi connectivity index (χ0n) is 11.3. The molecule has 0 saturated heterocycles. The molecule has 102 valence electrons. The summed E-state index contributed by atoms with van der Waals surface area (Å²) in [4.78, 5) is 0. The first kappa shape index (κ1) is 14.1. The van der Waals surface area contributed by atoms with Gasteiger partial charge in [-0.1, -0.05) is 29.8 Å². The quantitative estimate of drug-likeness (QED) is 0.820. The van der Waals surface area contributed by atoms with E-state index in [-0.39, 0.29) is 5.82 Å². The van der Waals surface area contributed by atoms with Crippen molar-refractivity contribution in [2.24, 2.45) is 0 Å². The monoisotopic (exact) mass is 269 g/mol. The van der Waals surface area contributed by atoms with Gasteiger partial charge in [0.05, 0.1) is 0 Å². The molecule has 0 aliphatic heterocycles. The highest BCUT2D eigenvalue weighted by Crippen LogP contribution is 2.16. The Labute approximate surface area is 118 Å². The zero-order valence-corrected chi connectivity index (χ0v) is 11.3. The number of halogens is 1. The summed E-state index contributed by atoms with van der Waals surface area (Å²) < 4.78 is 18.7. The van der Waals surface area contributed by atoms with E-state index < -0.39 is 6.10 Å². The van der Waals surface area contributed by atoms with Gasteiger partial charge < -0.3 is 4.74 Å². The SMILES string of the molecule is Cc1ccc(OC(C#N)CCc2cccc(F)c2)cc1. The van der Waals surface area contributed by atoms with Gasteiger partial charge in [0.1, 0.15) is 17.6 Å². The van der Waals surface area contributed by atoms with Crippen LogP contribution < -0.4 is 4.74 Å². The van der Waals surface area contributed by atoms with Crippen molar-refractivity contribution >= 4 is 0 Å². The van der Waals surface area contributed by atoms with Gasteiger partial charge in [0.15, 0.2) is 6.10 Å². The number of hydrogen-bond acceptors (Lipinski definition) is 2. The number of ether oxygens (including phenoxy) is 1. The molecule has 0 saturated carbocycles. The van der Waals surface area contributed by atoms with Gasteiger partial charge >= 0.3 is 0 Å². The Balaban J connectivity index is 1.93. The Morgan fingerprint density at radius 1 is 1.20 bits per heavy atom. The fourth-order valence-corrected chi connectivity index (χ4v) is 1.92. The van der Waals surface area contributed by atoms with Crippen molar-refractivity contribution in [3.63, 3.8) is 0 Å². The smallest absolute Gasteiger partial charge is 0.184 e. The molecular weight excluding hydrogens is 253 g/mol.